The largest absolute Gasteiger partial charge is 0.433 e. The summed E-state index contributed by atoms with van der Waals surface area (Å²) < 4.78 is 38.3. The van der Waals surface area contributed by atoms with Crippen LogP contribution in [0.2, 0.25) is 0 Å². The molecule has 1 N–H and O–H groups in total. The minimum absolute atomic E-state index is 0.128. The van der Waals surface area contributed by atoms with Crippen molar-refractivity contribution in [2.75, 3.05) is 6.54 Å². The van der Waals surface area contributed by atoms with Crippen LogP contribution < -0.4 is 5.32 Å². The van der Waals surface area contributed by atoms with Crippen molar-refractivity contribution in [3.8, 4) is 0 Å². The Morgan fingerprint density at radius 3 is 2.43 bits per heavy atom. The number of aromatic nitrogens is 1. The normalized spacial score (nSPS) is 19.2. The van der Waals surface area contributed by atoms with Gasteiger partial charge in [-0.25, -0.2) is 4.98 Å². The van der Waals surface area contributed by atoms with Crippen molar-refractivity contribution < 1.29 is 22.8 Å². The summed E-state index contributed by atoms with van der Waals surface area (Å²) in [4.78, 5) is 28.5. The standard InChI is InChI=1S/C23H25F3N2O2/c1-13-11-14(2)20(15(3)12-13)17-8-7-16(21(17)29)9-10-27-22(30)18-5-4-6-19(28-18)23(24,25)26/h4-6,11-12,16-17H,7-10H2,1-3H3,(H,27,30). The summed E-state index contributed by atoms with van der Waals surface area (Å²) in [6.07, 6.45) is -2.62. The minimum Gasteiger partial charge on any atom is -0.351 e. The number of nitrogens with zero attached hydrogens (tertiary/aromatic N) is 1. The van der Waals surface area contributed by atoms with Crippen LogP contribution in [0.5, 0.6) is 0 Å². The van der Waals surface area contributed by atoms with Gasteiger partial charge in [0, 0.05) is 18.4 Å². The third-order valence-electron chi connectivity index (χ3n) is 5.69. The Morgan fingerprint density at radius 2 is 1.80 bits per heavy atom. The van der Waals surface area contributed by atoms with Crippen LogP contribution in [0.4, 0.5) is 13.2 Å². The molecule has 1 aliphatic rings. The van der Waals surface area contributed by atoms with Crippen LogP contribution in [-0.4, -0.2) is 23.2 Å². The van der Waals surface area contributed by atoms with Crippen molar-refractivity contribution in [1.29, 1.82) is 0 Å². The highest BCUT2D eigenvalue weighted by Crippen LogP contribution is 2.39. The summed E-state index contributed by atoms with van der Waals surface area (Å²) in [7, 11) is 0. The Kier molecular flexibility index (Phi) is 6.29. The number of rotatable bonds is 5. The lowest BCUT2D eigenvalue weighted by molar-refractivity contribution is -0.141. The number of amides is 1. The van der Waals surface area contributed by atoms with Crippen LogP contribution in [-0.2, 0) is 11.0 Å². The van der Waals surface area contributed by atoms with Crippen molar-refractivity contribution >= 4 is 11.7 Å². The molecule has 1 aromatic carbocycles. The topological polar surface area (TPSA) is 59.1 Å². The monoisotopic (exact) mass is 418 g/mol. The average Bonchev–Trinajstić information content (AvgIpc) is 3.01. The van der Waals surface area contributed by atoms with Gasteiger partial charge in [-0.2, -0.15) is 13.2 Å². The van der Waals surface area contributed by atoms with Gasteiger partial charge in [-0.3, -0.25) is 9.59 Å². The average molecular weight is 418 g/mol. The molecule has 2 unspecified atom stereocenters. The van der Waals surface area contributed by atoms with Crippen molar-refractivity contribution in [2.45, 2.75) is 52.1 Å². The molecule has 2 atom stereocenters. The molecule has 0 saturated heterocycles. The molecule has 160 valence electrons. The maximum absolute atomic E-state index is 12.9. The lowest BCUT2D eigenvalue weighted by Crippen LogP contribution is -2.28. The number of nitrogens with one attached hydrogen (secondary N) is 1. The SMILES string of the molecule is Cc1cc(C)c(C2CCC(CCNC(=O)c3cccc(C(F)(F)F)n3)C2=O)c(C)c1. The van der Waals surface area contributed by atoms with Gasteiger partial charge in [0.25, 0.3) is 5.91 Å². The van der Waals surface area contributed by atoms with E-state index in [-0.39, 0.29) is 29.9 Å². The fourth-order valence-electron chi connectivity index (χ4n) is 4.42. The molecule has 30 heavy (non-hydrogen) atoms. The number of alkyl halides is 3. The van der Waals surface area contributed by atoms with E-state index in [0.29, 0.717) is 6.42 Å². The van der Waals surface area contributed by atoms with Crippen molar-refractivity contribution in [3.63, 3.8) is 0 Å². The number of benzene rings is 1. The highest BCUT2D eigenvalue weighted by Gasteiger charge is 2.36. The lowest BCUT2D eigenvalue weighted by atomic mass is 9.86. The zero-order chi connectivity index (χ0) is 22.1. The van der Waals surface area contributed by atoms with Gasteiger partial charge in [0.2, 0.25) is 0 Å². The van der Waals surface area contributed by atoms with E-state index in [9.17, 15) is 22.8 Å². The van der Waals surface area contributed by atoms with Crippen LogP contribution in [0.1, 0.15) is 63.6 Å². The molecule has 1 aromatic heterocycles. The summed E-state index contributed by atoms with van der Waals surface area (Å²) in [6.45, 7) is 6.30. The number of Topliss-reactive ketones (excluding diaryl/α,β-unsaturated/α-hetero) is 1. The van der Waals surface area contributed by atoms with E-state index in [1.807, 2.05) is 20.8 Å². The fourth-order valence-corrected chi connectivity index (χ4v) is 4.42. The van der Waals surface area contributed by atoms with Gasteiger partial charge in [-0.15, -0.1) is 0 Å². The van der Waals surface area contributed by atoms with Gasteiger partial charge in [0.05, 0.1) is 0 Å². The summed E-state index contributed by atoms with van der Waals surface area (Å²) >= 11 is 0. The second kappa shape index (κ2) is 8.58. The molecule has 0 aliphatic heterocycles. The third kappa shape index (κ3) is 4.71. The Balaban J connectivity index is 1.59. The number of aryl methyl sites for hydroxylation is 3. The molecule has 1 amide bonds. The minimum atomic E-state index is -4.60. The Hall–Kier alpha value is -2.70. The van der Waals surface area contributed by atoms with Gasteiger partial charge < -0.3 is 5.32 Å². The molecule has 0 spiro atoms. The molecule has 2 aromatic rings. The molecule has 0 radical (unpaired) electrons. The van der Waals surface area contributed by atoms with Crippen LogP contribution in [0.3, 0.4) is 0 Å². The van der Waals surface area contributed by atoms with Crippen LogP contribution in [0.15, 0.2) is 30.3 Å². The number of ketones is 1. The summed E-state index contributed by atoms with van der Waals surface area (Å²) in [5.74, 6) is -0.786. The number of pyridine rings is 1. The molecule has 1 fully saturated rings. The molecule has 7 heteroatoms. The van der Waals surface area contributed by atoms with Gasteiger partial charge in [0.15, 0.2) is 0 Å². The quantitative estimate of drug-likeness (QED) is 0.751. The predicted octanol–water partition coefficient (Wildman–Crippen LogP) is 4.91. The van der Waals surface area contributed by atoms with Gasteiger partial charge in [-0.1, -0.05) is 23.8 Å². The highest BCUT2D eigenvalue weighted by atomic mass is 19.4. The molecule has 3 rings (SSSR count). The maximum atomic E-state index is 12.9. The van der Waals surface area contributed by atoms with E-state index in [1.165, 1.54) is 11.6 Å². The first-order chi connectivity index (χ1) is 14.1. The van der Waals surface area contributed by atoms with E-state index >= 15 is 0 Å². The van der Waals surface area contributed by atoms with Crippen LogP contribution >= 0.6 is 0 Å². The number of carbonyl (C=O) groups excluding carboxylic acids is 2. The Labute approximate surface area is 173 Å². The molecule has 1 saturated carbocycles. The van der Waals surface area contributed by atoms with E-state index in [0.717, 1.165) is 41.7 Å². The van der Waals surface area contributed by atoms with Crippen molar-refractivity contribution in [1.82, 2.24) is 10.3 Å². The lowest BCUT2D eigenvalue weighted by Gasteiger charge is -2.17. The summed E-state index contributed by atoms with van der Waals surface area (Å²) in [5, 5.41) is 2.59. The second-order valence-electron chi connectivity index (χ2n) is 7.99. The first-order valence-corrected chi connectivity index (χ1v) is 10.0. The fraction of sp³-hybridized carbons (Fsp3) is 0.435. The highest BCUT2D eigenvalue weighted by molar-refractivity contribution is 5.92. The Morgan fingerprint density at radius 1 is 1.13 bits per heavy atom. The summed E-state index contributed by atoms with van der Waals surface area (Å²) in [5.41, 5.74) is 3.12. The third-order valence-corrected chi connectivity index (χ3v) is 5.69. The van der Waals surface area contributed by atoms with Gasteiger partial charge in [0.1, 0.15) is 17.2 Å². The zero-order valence-electron chi connectivity index (χ0n) is 17.3. The van der Waals surface area contributed by atoms with Crippen LogP contribution in [0.25, 0.3) is 0 Å². The maximum Gasteiger partial charge on any atom is 0.433 e. The van der Waals surface area contributed by atoms with Crippen molar-refractivity contribution in [3.05, 3.63) is 64.0 Å². The first-order valence-electron chi connectivity index (χ1n) is 10.0. The molecular weight excluding hydrogens is 393 g/mol. The van der Waals surface area contributed by atoms with E-state index < -0.39 is 17.8 Å². The zero-order valence-corrected chi connectivity index (χ0v) is 17.3. The van der Waals surface area contributed by atoms with E-state index in [2.05, 4.69) is 22.4 Å². The van der Waals surface area contributed by atoms with Gasteiger partial charge in [-0.05, 0) is 68.9 Å². The van der Waals surface area contributed by atoms with E-state index in [4.69, 9.17) is 0 Å². The number of hydrogen-bond acceptors (Lipinski definition) is 3. The summed E-state index contributed by atoms with van der Waals surface area (Å²) in [6, 6.07) is 7.39. The smallest absolute Gasteiger partial charge is 0.351 e. The molecule has 1 heterocycles. The number of hydrogen-bond donors (Lipinski definition) is 1. The van der Waals surface area contributed by atoms with Crippen LogP contribution in [0, 0.1) is 26.7 Å². The van der Waals surface area contributed by atoms with E-state index in [1.54, 1.807) is 0 Å². The molecule has 1 aliphatic carbocycles. The van der Waals surface area contributed by atoms with Gasteiger partial charge >= 0.3 is 6.18 Å². The molecule has 0 bridgehead atoms. The second-order valence-corrected chi connectivity index (χ2v) is 7.99. The number of halogens is 3. The number of carbonyl (C=O) groups is 2. The van der Waals surface area contributed by atoms with Crippen molar-refractivity contribution in [2.24, 2.45) is 5.92 Å². The predicted molar refractivity (Wildman–Crippen MR) is 107 cm³/mol. The first kappa shape index (κ1) is 22.0. The molecule has 4 nitrogen and oxygen atoms in total. The molecular formula is C23H25F3N2O2. The Bertz CT molecular complexity index is 946.